The normalized spacial score (nSPS) is 14.8. The van der Waals surface area contributed by atoms with Crippen molar-refractivity contribution in [1.29, 1.82) is 0 Å². The number of nitro groups is 1. The van der Waals surface area contributed by atoms with E-state index in [1.807, 2.05) is 48.5 Å². The van der Waals surface area contributed by atoms with Crippen molar-refractivity contribution in [3.63, 3.8) is 0 Å². The zero-order valence-electron chi connectivity index (χ0n) is 23.4. The fourth-order valence-corrected chi connectivity index (χ4v) is 8.04. The van der Waals surface area contributed by atoms with Gasteiger partial charge >= 0.3 is 0 Å². The first-order valence-corrected chi connectivity index (χ1v) is 16.1. The number of furan rings is 1. The molecule has 6 aromatic rings. The Labute approximate surface area is 266 Å². The average Bonchev–Trinajstić information content (AvgIpc) is 3.74. The molecule has 0 aliphatic carbocycles. The van der Waals surface area contributed by atoms with Crippen molar-refractivity contribution in [2.75, 3.05) is 5.32 Å². The lowest BCUT2D eigenvalue weighted by molar-refractivity contribution is -0.384. The summed E-state index contributed by atoms with van der Waals surface area (Å²) in [5.41, 5.74) is 2.74. The number of para-hydroxylation sites is 1. The van der Waals surface area contributed by atoms with E-state index in [-0.39, 0.29) is 17.2 Å². The van der Waals surface area contributed by atoms with Crippen LogP contribution < -0.4 is 20.2 Å². The van der Waals surface area contributed by atoms with Crippen LogP contribution in [0.3, 0.4) is 0 Å². The molecule has 3 aromatic heterocycles. The van der Waals surface area contributed by atoms with Gasteiger partial charge in [0, 0.05) is 23.9 Å². The lowest BCUT2D eigenvalue weighted by Gasteiger charge is -2.25. The van der Waals surface area contributed by atoms with Crippen LogP contribution in [0.2, 0.25) is 0 Å². The van der Waals surface area contributed by atoms with Gasteiger partial charge in [-0.3, -0.25) is 24.3 Å². The highest BCUT2D eigenvalue weighted by molar-refractivity contribution is 8.01. The summed E-state index contributed by atoms with van der Waals surface area (Å²) in [7, 11) is 0. The number of carbonyl (C=O) groups is 1. The van der Waals surface area contributed by atoms with Crippen LogP contribution in [0.1, 0.15) is 24.3 Å². The van der Waals surface area contributed by atoms with Gasteiger partial charge in [-0.1, -0.05) is 59.9 Å². The number of nitro benzene ring substituents is 1. The summed E-state index contributed by atoms with van der Waals surface area (Å²) in [5.74, 6) is 0.135. The fraction of sp³-hybridized carbons (Fsp3) is 0.0625. The highest BCUT2D eigenvalue weighted by Crippen LogP contribution is 2.36. The molecule has 1 N–H and O–H groups in total. The molecular formula is C32H21N5O5S3. The standard InChI is InChI=1S/C32H21N5O5S3/c1-18-27(29(38)34-20-10-6-3-7-11-20)28(19-8-4-2-5-9-19)36-30(39)25(43-31(36)33-18)17-22-13-15-26(42-22)45-32-35-23-14-12-21(37(40)41)16-24(23)44-32/h2-17,28H,1H3,(H,34,38)/b25-17-/t28-/m0/s1. The molecule has 0 fully saturated rings. The fourth-order valence-electron chi connectivity index (χ4n) is 5.01. The van der Waals surface area contributed by atoms with Crippen molar-refractivity contribution in [1.82, 2.24) is 9.55 Å². The monoisotopic (exact) mass is 651 g/mol. The molecule has 1 amide bonds. The molecule has 0 spiro atoms. The van der Waals surface area contributed by atoms with Crippen molar-refractivity contribution >= 4 is 68.0 Å². The predicted octanol–water partition coefficient (Wildman–Crippen LogP) is 6.14. The molecule has 3 aromatic carbocycles. The van der Waals surface area contributed by atoms with Crippen LogP contribution in [0.4, 0.5) is 11.4 Å². The van der Waals surface area contributed by atoms with Crippen LogP contribution in [0, 0.1) is 10.1 Å². The zero-order chi connectivity index (χ0) is 31.1. The van der Waals surface area contributed by atoms with Crippen LogP contribution in [-0.2, 0) is 4.79 Å². The van der Waals surface area contributed by atoms with E-state index < -0.39 is 11.0 Å². The molecule has 0 radical (unpaired) electrons. The third kappa shape index (κ3) is 5.64. The van der Waals surface area contributed by atoms with Crippen LogP contribution in [0.5, 0.6) is 0 Å². The Morgan fingerprint density at radius 2 is 1.80 bits per heavy atom. The van der Waals surface area contributed by atoms with Crippen LogP contribution in [0.25, 0.3) is 16.3 Å². The van der Waals surface area contributed by atoms with Gasteiger partial charge in [0.05, 0.1) is 37.0 Å². The number of rotatable bonds is 7. The molecule has 10 nitrogen and oxygen atoms in total. The quantitative estimate of drug-likeness (QED) is 0.162. The second-order valence-electron chi connectivity index (χ2n) is 9.96. The molecule has 45 heavy (non-hydrogen) atoms. The highest BCUT2D eigenvalue weighted by atomic mass is 32.2. The Kier molecular flexibility index (Phi) is 7.49. The Hall–Kier alpha value is -5.11. The summed E-state index contributed by atoms with van der Waals surface area (Å²) in [4.78, 5) is 48.0. The number of benzene rings is 3. The summed E-state index contributed by atoms with van der Waals surface area (Å²) in [6.45, 7) is 1.78. The minimum atomic E-state index is -0.675. The summed E-state index contributed by atoms with van der Waals surface area (Å²) in [5, 5.41) is 14.6. The summed E-state index contributed by atoms with van der Waals surface area (Å²) >= 11 is 3.86. The number of nitrogens with zero attached hydrogens (tertiary/aromatic N) is 4. The van der Waals surface area contributed by atoms with E-state index in [9.17, 15) is 19.7 Å². The second kappa shape index (κ2) is 11.8. The SMILES string of the molecule is CC1=C(C(=O)Nc2ccccc2)[C@H](c2ccccc2)n2c(s/c(=C\c3ccc(Sc4nc5ccc([N+](=O)[O-])cc5s4)o3)c2=O)=N1. The maximum atomic E-state index is 13.9. The van der Waals surface area contributed by atoms with Gasteiger partial charge in [0.15, 0.2) is 14.2 Å². The van der Waals surface area contributed by atoms with Gasteiger partial charge in [-0.05, 0) is 54.6 Å². The molecule has 222 valence electrons. The van der Waals surface area contributed by atoms with Crippen LogP contribution >= 0.6 is 34.4 Å². The summed E-state index contributed by atoms with van der Waals surface area (Å²) in [6.07, 6.45) is 1.67. The van der Waals surface area contributed by atoms with Gasteiger partial charge in [-0.25, -0.2) is 9.98 Å². The highest BCUT2D eigenvalue weighted by Gasteiger charge is 2.32. The Bertz CT molecular complexity index is 2320. The average molecular weight is 652 g/mol. The molecule has 7 rings (SSSR count). The maximum Gasteiger partial charge on any atom is 0.271 e. The van der Waals surface area contributed by atoms with Crippen LogP contribution in [-0.4, -0.2) is 20.4 Å². The van der Waals surface area contributed by atoms with Crippen molar-refractivity contribution in [3.8, 4) is 0 Å². The first kappa shape index (κ1) is 28.6. The smallest absolute Gasteiger partial charge is 0.271 e. The molecular weight excluding hydrogens is 631 g/mol. The third-order valence-corrected chi connectivity index (χ3v) is 10.0. The molecule has 0 saturated carbocycles. The van der Waals surface area contributed by atoms with Gasteiger partial charge in [-0.2, -0.15) is 0 Å². The lowest BCUT2D eigenvalue weighted by atomic mass is 9.95. The number of thiazole rings is 2. The number of hydrogen-bond acceptors (Lipinski definition) is 10. The molecule has 13 heteroatoms. The molecule has 0 bridgehead atoms. The maximum absolute atomic E-state index is 13.9. The van der Waals surface area contributed by atoms with E-state index in [1.165, 1.54) is 46.6 Å². The molecule has 1 aliphatic rings. The van der Waals surface area contributed by atoms with Crippen molar-refractivity contribution in [2.24, 2.45) is 4.99 Å². The van der Waals surface area contributed by atoms with E-state index in [2.05, 4.69) is 15.3 Å². The Balaban J connectivity index is 1.22. The number of fused-ring (bicyclic) bond motifs is 2. The molecule has 1 atom stereocenters. The van der Waals surface area contributed by atoms with E-state index in [4.69, 9.17) is 4.42 Å². The van der Waals surface area contributed by atoms with E-state index in [1.54, 1.807) is 47.9 Å². The number of aromatic nitrogens is 2. The van der Waals surface area contributed by atoms with Gasteiger partial charge in [0.1, 0.15) is 5.76 Å². The van der Waals surface area contributed by atoms with E-state index in [0.29, 0.717) is 51.7 Å². The second-order valence-corrected chi connectivity index (χ2v) is 13.3. The lowest BCUT2D eigenvalue weighted by Crippen LogP contribution is -2.40. The number of non-ortho nitro benzene ring substituents is 1. The molecule has 4 heterocycles. The number of allylic oxidation sites excluding steroid dienone is 1. The Morgan fingerprint density at radius 1 is 1.04 bits per heavy atom. The van der Waals surface area contributed by atoms with Crippen molar-refractivity contribution < 1.29 is 14.1 Å². The topological polar surface area (TPSA) is 133 Å². The number of nitrogens with one attached hydrogen (secondary N) is 1. The number of anilines is 1. The summed E-state index contributed by atoms with van der Waals surface area (Å²) in [6, 6.07) is 26.0. The van der Waals surface area contributed by atoms with Gasteiger partial charge < -0.3 is 9.73 Å². The molecule has 0 unspecified atom stereocenters. The Morgan fingerprint density at radius 3 is 2.56 bits per heavy atom. The summed E-state index contributed by atoms with van der Waals surface area (Å²) < 4.78 is 9.37. The van der Waals surface area contributed by atoms with Crippen molar-refractivity contribution in [2.45, 2.75) is 22.4 Å². The number of carbonyl (C=O) groups excluding carboxylic acids is 1. The molecule has 0 saturated heterocycles. The van der Waals surface area contributed by atoms with Crippen molar-refractivity contribution in [3.05, 3.63) is 143 Å². The minimum absolute atomic E-state index is 0.0121. The van der Waals surface area contributed by atoms with Crippen LogP contribution in [0.15, 0.2) is 126 Å². The first-order chi connectivity index (χ1) is 21.8. The van der Waals surface area contributed by atoms with E-state index >= 15 is 0 Å². The van der Waals surface area contributed by atoms with Gasteiger partial charge in [0.2, 0.25) is 0 Å². The number of hydrogen-bond donors (Lipinski definition) is 1. The van der Waals surface area contributed by atoms with Gasteiger partial charge in [0.25, 0.3) is 17.2 Å². The largest absolute Gasteiger partial charge is 0.450 e. The molecule has 1 aliphatic heterocycles. The van der Waals surface area contributed by atoms with Gasteiger partial charge in [-0.15, -0.1) is 11.3 Å². The first-order valence-electron chi connectivity index (χ1n) is 13.6. The predicted molar refractivity (Wildman–Crippen MR) is 174 cm³/mol. The zero-order valence-corrected chi connectivity index (χ0v) is 25.8. The van der Waals surface area contributed by atoms with E-state index in [0.717, 1.165) is 5.56 Å². The minimum Gasteiger partial charge on any atom is -0.450 e. The number of amides is 1. The third-order valence-electron chi connectivity index (χ3n) is 7.04.